The van der Waals surface area contributed by atoms with E-state index in [2.05, 4.69) is 10.3 Å². The molecule has 3 aromatic rings. The van der Waals surface area contributed by atoms with E-state index in [4.69, 9.17) is 15.2 Å². The smallest absolute Gasteiger partial charge is 0.262 e. The lowest BCUT2D eigenvalue weighted by Gasteiger charge is -2.09. The van der Waals surface area contributed by atoms with Gasteiger partial charge in [-0.15, -0.1) is 0 Å². The molecule has 1 heterocycles. The molecule has 0 aliphatic heterocycles. The summed E-state index contributed by atoms with van der Waals surface area (Å²) in [7, 11) is 0. The van der Waals surface area contributed by atoms with Crippen molar-refractivity contribution in [2.45, 2.75) is 0 Å². The SMILES string of the molecule is NC(=O)c1cccc(Oc2ccc(NC(=O)COc3ccccc3)cn2)c1. The van der Waals surface area contributed by atoms with Crippen molar-refractivity contribution in [1.82, 2.24) is 4.98 Å². The maximum absolute atomic E-state index is 11.9. The average molecular weight is 363 g/mol. The number of carbonyl (C=O) groups excluding carboxylic acids is 2. The van der Waals surface area contributed by atoms with Crippen LogP contribution in [-0.2, 0) is 4.79 Å². The lowest BCUT2D eigenvalue weighted by molar-refractivity contribution is -0.118. The Kier molecular flexibility index (Phi) is 5.64. The second-order valence-corrected chi connectivity index (χ2v) is 5.53. The van der Waals surface area contributed by atoms with Gasteiger partial charge in [-0.2, -0.15) is 0 Å². The summed E-state index contributed by atoms with van der Waals surface area (Å²) in [6.07, 6.45) is 1.47. The quantitative estimate of drug-likeness (QED) is 0.672. The van der Waals surface area contributed by atoms with Crippen LogP contribution < -0.4 is 20.5 Å². The summed E-state index contributed by atoms with van der Waals surface area (Å²) in [5.74, 6) is 0.530. The zero-order valence-corrected chi connectivity index (χ0v) is 14.3. The van der Waals surface area contributed by atoms with Crippen LogP contribution in [0.5, 0.6) is 17.4 Å². The Hall–Kier alpha value is -3.87. The van der Waals surface area contributed by atoms with Gasteiger partial charge in [0.1, 0.15) is 11.5 Å². The van der Waals surface area contributed by atoms with Crippen molar-refractivity contribution in [3.63, 3.8) is 0 Å². The fourth-order valence-corrected chi connectivity index (χ4v) is 2.21. The third-order valence-electron chi connectivity index (χ3n) is 3.47. The van der Waals surface area contributed by atoms with E-state index in [1.54, 1.807) is 42.5 Å². The summed E-state index contributed by atoms with van der Waals surface area (Å²) in [4.78, 5) is 27.2. The largest absolute Gasteiger partial charge is 0.484 e. The van der Waals surface area contributed by atoms with E-state index in [0.29, 0.717) is 28.6 Å². The number of nitrogens with one attached hydrogen (secondary N) is 1. The molecule has 136 valence electrons. The number of aromatic nitrogens is 1. The van der Waals surface area contributed by atoms with Crippen molar-refractivity contribution in [2.75, 3.05) is 11.9 Å². The number of benzene rings is 2. The molecule has 0 saturated carbocycles. The van der Waals surface area contributed by atoms with Gasteiger partial charge in [-0.05, 0) is 36.4 Å². The minimum absolute atomic E-state index is 0.109. The first-order valence-corrected chi connectivity index (χ1v) is 8.11. The maximum atomic E-state index is 11.9. The molecular formula is C20H17N3O4. The number of ether oxygens (including phenoxy) is 2. The number of hydrogen-bond donors (Lipinski definition) is 2. The highest BCUT2D eigenvalue weighted by Gasteiger charge is 2.06. The van der Waals surface area contributed by atoms with Gasteiger partial charge in [-0.1, -0.05) is 24.3 Å². The summed E-state index contributed by atoms with van der Waals surface area (Å²) in [5.41, 5.74) is 6.10. The Morgan fingerprint density at radius 2 is 1.74 bits per heavy atom. The van der Waals surface area contributed by atoms with E-state index in [1.807, 2.05) is 18.2 Å². The number of rotatable bonds is 7. The van der Waals surface area contributed by atoms with Crippen LogP contribution in [0.3, 0.4) is 0 Å². The fraction of sp³-hybridized carbons (Fsp3) is 0.0500. The molecule has 0 spiro atoms. The van der Waals surface area contributed by atoms with Crippen LogP contribution in [0.4, 0.5) is 5.69 Å². The van der Waals surface area contributed by atoms with Gasteiger partial charge in [0.05, 0.1) is 11.9 Å². The predicted octanol–water partition coefficient (Wildman–Crippen LogP) is 2.99. The number of nitrogens with zero attached hydrogens (tertiary/aromatic N) is 1. The van der Waals surface area contributed by atoms with Crippen molar-refractivity contribution >= 4 is 17.5 Å². The molecule has 7 heteroatoms. The molecule has 0 aliphatic carbocycles. The highest BCUT2D eigenvalue weighted by Crippen LogP contribution is 2.21. The van der Waals surface area contributed by atoms with Gasteiger partial charge in [-0.25, -0.2) is 4.98 Å². The second kappa shape index (κ2) is 8.48. The molecule has 0 bridgehead atoms. The number of amides is 2. The summed E-state index contributed by atoms with van der Waals surface area (Å²) < 4.78 is 11.0. The van der Waals surface area contributed by atoms with Gasteiger partial charge >= 0.3 is 0 Å². The van der Waals surface area contributed by atoms with Gasteiger partial charge in [0.2, 0.25) is 11.8 Å². The van der Waals surface area contributed by atoms with E-state index in [0.717, 1.165) is 0 Å². The third kappa shape index (κ3) is 5.30. The topological polar surface area (TPSA) is 104 Å². The fourth-order valence-electron chi connectivity index (χ4n) is 2.21. The molecule has 0 saturated heterocycles. The Bertz CT molecular complexity index is 927. The minimum Gasteiger partial charge on any atom is -0.484 e. The van der Waals surface area contributed by atoms with E-state index in [1.165, 1.54) is 12.3 Å². The molecule has 3 N–H and O–H groups in total. The number of primary amides is 1. The number of anilines is 1. The molecule has 0 radical (unpaired) electrons. The van der Waals surface area contributed by atoms with Gasteiger partial charge in [0.25, 0.3) is 5.91 Å². The first-order valence-electron chi connectivity index (χ1n) is 8.11. The predicted molar refractivity (Wildman–Crippen MR) is 99.8 cm³/mol. The molecule has 1 aromatic heterocycles. The van der Waals surface area contributed by atoms with Crippen LogP contribution in [-0.4, -0.2) is 23.4 Å². The highest BCUT2D eigenvalue weighted by molar-refractivity contribution is 5.93. The maximum Gasteiger partial charge on any atom is 0.262 e. The van der Waals surface area contributed by atoms with Crippen molar-refractivity contribution in [3.8, 4) is 17.4 Å². The third-order valence-corrected chi connectivity index (χ3v) is 3.47. The molecule has 3 rings (SSSR count). The van der Waals surface area contributed by atoms with Crippen LogP contribution >= 0.6 is 0 Å². The number of nitrogens with two attached hydrogens (primary N) is 1. The first kappa shape index (κ1) is 17.9. The number of pyridine rings is 1. The Labute approximate surface area is 155 Å². The summed E-state index contributed by atoms with van der Waals surface area (Å²) in [5, 5.41) is 2.68. The summed E-state index contributed by atoms with van der Waals surface area (Å²) in [6, 6.07) is 18.8. The molecule has 0 aliphatic rings. The van der Waals surface area contributed by atoms with E-state index >= 15 is 0 Å². The molecule has 2 aromatic carbocycles. The van der Waals surface area contributed by atoms with Gasteiger partial charge in [0, 0.05) is 11.6 Å². The zero-order chi connectivity index (χ0) is 19.1. The van der Waals surface area contributed by atoms with Crippen LogP contribution in [0.25, 0.3) is 0 Å². The van der Waals surface area contributed by atoms with Crippen molar-refractivity contribution in [3.05, 3.63) is 78.5 Å². The van der Waals surface area contributed by atoms with Crippen LogP contribution in [0.2, 0.25) is 0 Å². The van der Waals surface area contributed by atoms with Gasteiger partial charge < -0.3 is 20.5 Å². The van der Waals surface area contributed by atoms with Crippen molar-refractivity contribution in [1.29, 1.82) is 0 Å². The van der Waals surface area contributed by atoms with Gasteiger partial charge in [-0.3, -0.25) is 9.59 Å². The average Bonchev–Trinajstić information content (AvgIpc) is 2.69. The van der Waals surface area contributed by atoms with Crippen LogP contribution in [0, 0.1) is 0 Å². The summed E-state index contributed by atoms with van der Waals surface area (Å²) >= 11 is 0. The first-order chi connectivity index (χ1) is 13.1. The molecule has 2 amide bonds. The molecule has 0 fully saturated rings. The lowest BCUT2D eigenvalue weighted by Crippen LogP contribution is -2.20. The van der Waals surface area contributed by atoms with Crippen molar-refractivity contribution < 1.29 is 19.1 Å². The van der Waals surface area contributed by atoms with E-state index in [-0.39, 0.29) is 12.5 Å². The monoisotopic (exact) mass is 363 g/mol. The molecule has 0 atom stereocenters. The normalized spacial score (nSPS) is 10.1. The Balaban J connectivity index is 1.54. The molecule has 0 unspecified atom stereocenters. The van der Waals surface area contributed by atoms with Crippen LogP contribution in [0.1, 0.15) is 10.4 Å². The Morgan fingerprint density at radius 3 is 2.44 bits per heavy atom. The van der Waals surface area contributed by atoms with E-state index in [9.17, 15) is 9.59 Å². The lowest BCUT2D eigenvalue weighted by atomic mass is 10.2. The number of hydrogen-bond acceptors (Lipinski definition) is 5. The molecule has 7 nitrogen and oxygen atoms in total. The van der Waals surface area contributed by atoms with Crippen LogP contribution in [0.15, 0.2) is 72.9 Å². The highest BCUT2D eigenvalue weighted by atomic mass is 16.5. The number of carbonyl (C=O) groups is 2. The second-order valence-electron chi connectivity index (χ2n) is 5.53. The van der Waals surface area contributed by atoms with Crippen molar-refractivity contribution in [2.24, 2.45) is 5.73 Å². The van der Waals surface area contributed by atoms with E-state index < -0.39 is 5.91 Å². The van der Waals surface area contributed by atoms with Gasteiger partial charge in [0.15, 0.2) is 6.61 Å². The molecule has 27 heavy (non-hydrogen) atoms. The number of para-hydroxylation sites is 1. The summed E-state index contributed by atoms with van der Waals surface area (Å²) in [6.45, 7) is -0.109. The minimum atomic E-state index is -0.538. The molecular weight excluding hydrogens is 346 g/mol. The Morgan fingerprint density at radius 1 is 0.963 bits per heavy atom. The standard InChI is InChI=1S/C20H17N3O4/c21-20(25)14-5-4-8-17(11-14)27-19-10-9-15(12-22-19)23-18(24)13-26-16-6-2-1-3-7-16/h1-12H,13H2,(H2,21,25)(H,23,24). The zero-order valence-electron chi connectivity index (χ0n) is 14.3.